The van der Waals surface area contributed by atoms with E-state index < -0.39 is 0 Å². The minimum atomic E-state index is 0.511. The highest BCUT2D eigenvalue weighted by Crippen LogP contribution is 2.22. The van der Waals surface area contributed by atoms with Crippen molar-refractivity contribution < 1.29 is 9.47 Å². The average molecular weight is 321 g/mol. The summed E-state index contributed by atoms with van der Waals surface area (Å²) in [4.78, 5) is 0. The molecule has 2 aromatic carbocycles. The van der Waals surface area contributed by atoms with Crippen molar-refractivity contribution in [3.8, 4) is 11.5 Å². The molecule has 19 heavy (non-hydrogen) atoms. The third-order valence-corrected chi connectivity index (χ3v) is 3.53. The zero-order valence-electron chi connectivity index (χ0n) is 11.2. The van der Waals surface area contributed by atoms with Crippen LogP contribution in [0.2, 0.25) is 0 Å². The topological polar surface area (TPSA) is 18.5 Å². The van der Waals surface area contributed by atoms with Gasteiger partial charge in [-0.25, -0.2) is 0 Å². The molecule has 0 saturated carbocycles. The Bertz CT molecular complexity index is 552. The van der Waals surface area contributed by atoms with E-state index in [4.69, 9.17) is 9.47 Å². The van der Waals surface area contributed by atoms with E-state index in [0.29, 0.717) is 6.61 Å². The molecule has 0 aliphatic rings. The summed E-state index contributed by atoms with van der Waals surface area (Å²) in [7, 11) is 1.68. The van der Waals surface area contributed by atoms with Crippen LogP contribution in [0.25, 0.3) is 0 Å². The van der Waals surface area contributed by atoms with Gasteiger partial charge >= 0.3 is 0 Å². The van der Waals surface area contributed by atoms with Gasteiger partial charge in [0.15, 0.2) is 0 Å². The number of halogens is 1. The monoisotopic (exact) mass is 320 g/mol. The van der Waals surface area contributed by atoms with Crippen LogP contribution in [-0.4, -0.2) is 7.11 Å². The fourth-order valence-corrected chi connectivity index (χ4v) is 2.25. The number of alkyl halides is 1. The first-order valence-corrected chi connectivity index (χ1v) is 7.26. The van der Waals surface area contributed by atoms with Gasteiger partial charge in [0.1, 0.15) is 18.1 Å². The van der Waals surface area contributed by atoms with E-state index in [9.17, 15) is 0 Å². The van der Waals surface area contributed by atoms with Gasteiger partial charge in [0.05, 0.1) is 7.11 Å². The Morgan fingerprint density at radius 1 is 1.11 bits per heavy atom. The van der Waals surface area contributed by atoms with Crippen molar-refractivity contribution in [2.75, 3.05) is 7.11 Å². The molecule has 0 aromatic heterocycles. The number of rotatable bonds is 5. The highest BCUT2D eigenvalue weighted by Gasteiger charge is 2.04. The predicted octanol–water partition coefficient (Wildman–Crippen LogP) is 4.48. The Hall–Kier alpha value is -1.48. The molecule has 100 valence electrons. The number of hydrogen-bond acceptors (Lipinski definition) is 2. The maximum atomic E-state index is 5.83. The van der Waals surface area contributed by atoms with E-state index in [1.165, 1.54) is 11.1 Å². The molecule has 3 heteroatoms. The summed E-state index contributed by atoms with van der Waals surface area (Å²) >= 11 is 3.44. The third kappa shape index (κ3) is 3.74. The van der Waals surface area contributed by atoms with E-state index in [2.05, 4.69) is 35.0 Å². The maximum Gasteiger partial charge on any atom is 0.125 e. The number of ether oxygens (including phenoxy) is 2. The van der Waals surface area contributed by atoms with E-state index >= 15 is 0 Å². The molecular formula is C16H17BrO2. The van der Waals surface area contributed by atoms with Crippen LogP contribution in [-0.2, 0) is 11.9 Å². The predicted molar refractivity (Wildman–Crippen MR) is 81.1 cm³/mol. The Kier molecular flexibility index (Phi) is 4.86. The zero-order valence-corrected chi connectivity index (χ0v) is 12.7. The maximum absolute atomic E-state index is 5.83. The van der Waals surface area contributed by atoms with Crippen LogP contribution in [0.4, 0.5) is 0 Å². The summed E-state index contributed by atoms with van der Waals surface area (Å²) in [5.74, 6) is 1.74. The normalized spacial score (nSPS) is 10.3. The molecule has 0 saturated heterocycles. The fraction of sp³-hybridized carbons (Fsp3) is 0.250. The lowest BCUT2D eigenvalue weighted by atomic mass is 10.1. The van der Waals surface area contributed by atoms with Gasteiger partial charge in [-0.05, 0) is 36.8 Å². The van der Waals surface area contributed by atoms with Crippen LogP contribution in [0, 0.1) is 6.92 Å². The zero-order chi connectivity index (χ0) is 13.7. The highest BCUT2D eigenvalue weighted by atomic mass is 79.9. The summed E-state index contributed by atoms with van der Waals surface area (Å²) in [6.45, 7) is 2.57. The van der Waals surface area contributed by atoms with Gasteiger partial charge in [-0.1, -0.05) is 39.7 Å². The molecule has 0 N–H and O–H groups in total. The van der Waals surface area contributed by atoms with E-state index in [-0.39, 0.29) is 0 Å². The lowest BCUT2D eigenvalue weighted by molar-refractivity contribution is 0.296. The first kappa shape index (κ1) is 13.9. The van der Waals surface area contributed by atoms with Gasteiger partial charge in [-0.2, -0.15) is 0 Å². The molecule has 2 rings (SSSR count). The fourth-order valence-electron chi connectivity index (χ4n) is 1.90. The second-order valence-corrected chi connectivity index (χ2v) is 4.95. The molecule has 0 radical (unpaired) electrons. The summed E-state index contributed by atoms with van der Waals surface area (Å²) in [6, 6.07) is 14.2. The number of hydrogen-bond donors (Lipinski definition) is 0. The molecule has 0 unspecified atom stereocenters. The van der Waals surface area contributed by atoms with Crippen molar-refractivity contribution in [2.45, 2.75) is 18.9 Å². The van der Waals surface area contributed by atoms with Gasteiger partial charge in [0.25, 0.3) is 0 Å². The van der Waals surface area contributed by atoms with Crippen LogP contribution < -0.4 is 9.47 Å². The standard InChI is InChI=1S/C16H17BrO2/c1-12-6-7-16(18-2)14(8-12)11-19-15-5-3-4-13(9-15)10-17/h3-9H,10-11H2,1-2H3. The molecule has 2 aromatic rings. The molecule has 0 aliphatic heterocycles. The largest absolute Gasteiger partial charge is 0.496 e. The Balaban J connectivity index is 2.11. The smallest absolute Gasteiger partial charge is 0.125 e. The van der Waals surface area contributed by atoms with Gasteiger partial charge in [-0.15, -0.1) is 0 Å². The lowest BCUT2D eigenvalue weighted by Gasteiger charge is -2.11. The van der Waals surface area contributed by atoms with Gasteiger partial charge in [0, 0.05) is 10.9 Å². The molecule has 0 spiro atoms. The van der Waals surface area contributed by atoms with Gasteiger partial charge in [0.2, 0.25) is 0 Å². The van der Waals surface area contributed by atoms with Crippen molar-refractivity contribution in [1.82, 2.24) is 0 Å². The SMILES string of the molecule is COc1ccc(C)cc1COc1cccc(CBr)c1. The molecule has 0 aliphatic carbocycles. The van der Waals surface area contributed by atoms with Gasteiger partial charge in [-0.3, -0.25) is 0 Å². The van der Waals surface area contributed by atoms with Crippen LogP contribution in [0.1, 0.15) is 16.7 Å². The molecule has 0 amide bonds. The average Bonchev–Trinajstić information content (AvgIpc) is 2.45. The minimum Gasteiger partial charge on any atom is -0.496 e. The number of methoxy groups -OCH3 is 1. The lowest BCUT2D eigenvalue weighted by Crippen LogP contribution is -1.99. The van der Waals surface area contributed by atoms with E-state index in [1.54, 1.807) is 7.11 Å². The van der Waals surface area contributed by atoms with Crippen molar-refractivity contribution >= 4 is 15.9 Å². The number of aryl methyl sites for hydroxylation is 1. The Morgan fingerprint density at radius 3 is 2.68 bits per heavy atom. The van der Waals surface area contributed by atoms with E-state index in [1.807, 2.05) is 30.3 Å². The summed E-state index contributed by atoms with van der Waals surface area (Å²) in [6.07, 6.45) is 0. The molecule has 0 atom stereocenters. The molecular weight excluding hydrogens is 304 g/mol. The molecule has 0 heterocycles. The van der Waals surface area contributed by atoms with Crippen LogP contribution in [0.5, 0.6) is 11.5 Å². The minimum absolute atomic E-state index is 0.511. The van der Waals surface area contributed by atoms with Crippen molar-refractivity contribution in [3.05, 3.63) is 59.2 Å². The number of benzene rings is 2. The van der Waals surface area contributed by atoms with Crippen LogP contribution in [0.3, 0.4) is 0 Å². The van der Waals surface area contributed by atoms with Crippen molar-refractivity contribution in [1.29, 1.82) is 0 Å². The van der Waals surface area contributed by atoms with Crippen molar-refractivity contribution in [3.63, 3.8) is 0 Å². The van der Waals surface area contributed by atoms with Crippen LogP contribution in [0.15, 0.2) is 42.5 Å². The first-order valence-electron chi connectivity index (χ1n) is 6.14. The molecule has 0 fully saturated rings. The molecule has 0 bridgehead atoms. The second kappa shape index (κ2) is 6.62. The summed E-state index contributed by atoms with van der Waals surface area (Å²) in [5, 5.41) is 0.831. The van der Waals surface area contributed by atoms with Gasteiger partial charge < -0.3 is 9.47 Å². The van der Waals surface area contributed by atoms with E-state index in [0.717, 1.165) is 22.4 Å². The van der Waals surface area contributed by atoms with Crippen molar-refractivity contribution in [2.24, 2.45) is 0 Å². The molecule has 2 nitrogen and oxygen atoms in total. The second-order valence-electron chi connectivity index (χ2n) is 4.39. The third-order valence-electron chi connectivity index (χ3n) is 2.88. The first-order chi connectivity index (χ1) is 9.22. The summed E-state index contributed by atoms with van der Waals surface area (Å²) in [5.41, 5.74) is 3.47. The quantitative estimate of drug-likeness (QED) is 0.756. The van der Waals surface area contributed by atoms with Crippen LogP contribution >= 0.6 is 15.9 Å². The highest BCUT2D eigenvalue weighted by molar-refractivity contribution is 9.08. The Morgan fingerprint density at radius 2 is 1.95 bits per heavy atom. The Labute approximate surface area is 122 Å². The summed E-state index contributed by atoms with van der Waals surface area (Å²) < 4.78 is 11.2.